The quantitative estimate of drug-likeness (QED) is 0.683. The van der Waals surface area contributed by atoms with Gasteiger partial charge < -0.3 is 10.1 Å². The molecule has 0 spiro atoms. The molecule has 1 unspecified atom stereocenters. The molecule has 0 saturated carbocycles. The molecular formula is C15H24FNO. The Kier molecular flexibility index (Phi) is 7.62. The maximum Gasteiger partial charge on any atom is 0.123 e. The van der Waals surface area contributed by atoms with E-state index in [4.69, 9.17) is 4.74 Å². The molecule has 1 N–H and O–H groups in total. The van der Waals surface area contributed by atoms with Gasteiger partial charge in [-0.15, -0.1) is 0 Å². The summed E-state index contributed by atoms with van der Waals surface area (Å²) >= 11 is 0. The molecule has 0 aromatic heterocycles. The van der Waals surface area contributed by atoms with Crippen molar-refractivity contribution < 1.29 is 9.13 Å². The second kappa shape index (κ2) is 9.06. The molecule has 1 aromatic carbocycles. The zero-order valence-electron chi connectivity index (χ0n) is 11.4. The number of hydrogen-bond acceptors (Lipinski definition) is 2. The van der Waals surface area contributed by atoms with E-state index in [1.54, 1.807) is 12.1 Å². The van der Waals surface area contributed by atoms with Crippen LogP contribution in [0.3, 0.4) is 0 Å². The van der Waals surface area contributed by atoms with Crippen molar-refractivity contribution in [2.45, 2.75) is 26.7 Å². The predicted octanol–water partition coefficient (Wildman–Crippen LogP) is 3.02. The molecule has 0 aliphatic heterocycles. The second-order valence-electron chi connectivity index (χ2n) is 4.56. The van der Waals surface area contributed by atoms with Crippen LogP contribution in [0.4, 0.5) is 4.39 Å². The van der Waals surface area contributed by atoms with Crippen LogP contribution in [0, 0.1) is 11.7 Å². The Bertz CT molecular complexity index is 330. The van der Waals surface area contributed by atoms with Crippen LogP contribution in [0.5, 0.6) is 0 Å². The highest BCUT2D eigenvalue weighted by Crippen LogP contribution is 2.11. The summed E-state index contributed by atoms with van der Waals surface area (Å²) in [5.41, 5.74) is 1.04. The fraction of sp³-hybridized carbons (Fsp3) is 0.600. The van der Waals surface area contributed by atoms with E-state index < -0.39 is 0 Å². The van der Waals surface area contributed by atoms with E-state index in [0.717, 1.165) is 44.7 Å². The lowest BCUT2D eigenvalue weighted by atomic mass is 10.00. The van der Waals surface area contributed by atoms with Gasteiger partial charge in [-0.05, 0) is 49.9 Å². The number of benzene rings is 1. The molecule has 0 aliphatic rings. The van der Waals surface area contributed by atoms with Crippen molar-refractivity contribution in [3.63, 3.8) is 0 Å². The summed E-state index contributed by atoms with van der Waals surface area (Å²) in [5, 5.41) is 3.41. The van der Waals surface area contributed by atoms with Gasteiger partial charge in [0.15, 0.2) is 0 Å². The molecule has 0 saturated heterocycles. The first-order chi connectivity index (χ1) is 8.76. The SMILES string of the molecule is CCCNCC(COCC)Cc1cccc(F)c1. The Labute approximate surface area is 110 Å². The van der Waals surface area contributed by atoms with Gasteiger partial charge in [-0.2, -0.15) is 0 Å². The van der Waals surface area contributed by atoms with Gasteiger partial charge in [0.25, 0.3) is 0 Å². The molecule has 1 atom stereocenters. The van der Waals surface area contributed by atoms with Crippen molar-refractivity contribution in [1.29, 1.82) is 0 Å². The minimum Gasteiger partial charge on any atom is -0.381 e. The molecule has 0 heterocycles. The van der Waals surface area contributed by atoms with Crippen molar-refractivity contribution >= 4 is 0 Å². The molecule has 1 rings (SSSR count). The minimum atomic E-state index is -0.163. The summed E-state index contributed by atoms with van der Waals surface area (Å²) in [7, 11) is 0. The highest BCUT2D eigenvalue weighted by molar-refractivity contribution is 5.16. The van der Waals surface area contributed by atoms with Crippen molar-refractivity contribution in [3.8, 4) is 0 Å². The number of nitrogens with one attached hydrogen (secondary N) is 1. The van der Waals surface area contributed by atoms with E-state index in [9.17, 15) is 4.39 Å². The highest BCUT2D eigenvalue weighted by Gasteiger charge is 2.10. The van der Waals surface area contributed by atoms with Gasteiger partial charge in [-0.25, -0.2) is 4.39 Å². The summed E-state index contributed by atoms with van der Waals surface area (Å²) in [6.07, 6.45) is 1.98. The van der Waals surface area contributed by atoms with Crippen LogP contribution < -0.4 is 5.32 Å². The zero-order valence-corrected chi connectivity index (χ0v) is 11.4. The molecule has 102 valence electrons. The van der Waals surface area contributed by atoms with Crippen LogP contribution in [-0.2, 0) is 11.2 Å². The van der Waals surface area contributed by atoms with E-state index >= 15 is 0 Å². The van der Waals surface area contributed by atoms with Gasteiger partial charge >= 0.3 is 0 Å². The average Bonchev–Trinajstić information content (AvgIpc) is 2.36. The Morgan fingerprint density at radius 1 is 1.33 bits per heavy atom. The zero-order chi connectivity index (χ0) is 13.2. The summed E-state index contributed by atoms with van der Waals surface area (Å²) in [6.45, 7) is 7.54. The number of rotatable bonds is 9. The maximum absolute atomic E-state index is 13.1. The third-order valence-electron chi connectivity index (χ3n) is 2.83. The molecule has 2 nitrogen and oxygen atoms in total. The number of hydrogen-bond donors (Lipinski definition) is 1. The maximum atomic E-state index is 13.1. The fourth-order valence-electron chi connectivity index (χ4n) is 1.95. The molecule has 0 aliphatic carbocycles. The fourth-order valence-corrected chi connectivity index (χ4v) is 1.95. The third-order valence-corrected chi connectivity index (χ3v) is 2.83. The van der Waals surface area contributed by atoms with Crippen molar-refractivity contribution in [1.82, 2.24) is 5.32 Å². The van der Waals surface area contributed by atoms with E-state index in [2.05, 4.69) is 12.2 Å². The molecule has 0 fully saturated rings. The van der Waals surface area contributed by atoms with E-state index in [0.29, 0.717) is 5.92 Å². The lowest BCUT2D eigenvalue weighted by Crippen LogP contribution is -2.28. The Morgan fingerprint density at radius 3 is 2.83 bits per heavy atom. The van der Waals surface area contributed by atoms with Gasteiger partial charge in [-0.1, -0.05) is 19.1 Å². The smallest absolute Gasteiger partial charge is 0.123 e. The van der Waals surface area contributed by atoms with Crippen LogP contribution in [0.15, 0.2) is 24.3 Å². The van der Waals surface area contributed by atoms with E-state index in [1.807, 2.05) is 13.0 Å². The van der Waals surface area contributed by atoms with Crippen molar-refractivity contribution in [3.05, 3.63) is 35.6 Å². The van der Waals surface area contributed by atoms with Crippen LogP contribution in [0.2, 0.25) is 0 Å². The lowest BCUT2D eigenvalue weighted by Gasteiger charge is -2.17. The van der Waals surface area contributed by atoms with Crippen molar-refractivity contribution in [2.75, 3.05) is 26.3 Å². The van der Waals surface area contributed by atoms with E-state index in [1.165, 1.54) is 6.07 Å². The summed E-state index contributed by atoms with van der Waals surface area (Å²) in [5.74, 6) is 0.238. The van der Waals surface area contributed by atoms with Crippen LogP contribution in [0.1, 0.15) is 25.8 Å². The molecule has 0 amide bonds. The Morgan fingerprint density at radius 2 is 2.17 bits per heavy atom. The molecular weight excluding hydrogens is 229 g/mol. The van der Waals surface area contributed by atoms with Gasteiger partial charge in [0.1, 0.15) is 5.82 Å². The summed E-state index contributed by atoms with van der Waals surface area (Å²) in [4.78, 5) is 0. The van der Waals surface area contributed by atoms with Gasteiger partial charge in [-0.3, -0.25) is 0 Å². The lowest BCUT2D eigenvalue weighted by molar-refractivity contribution is 0.109. The van der Waals surface area contributed by atoms with Gasteiger partial charge in [0, 0.05) is 13.2 Å². The molecule has 1 aromatic rings. The molecule has 0 bridgehead atoms. The molecule has 0 radical (unpaired) electrons. The monoisotopic (exact) mass is 253 g/mol. The molecule has 3 heteroatoms. The van der Waals surface area contributed by atoms with Crippen LogP contribution in [0.25, 0.3) is 0 Å². The van der Waals surface area contributed by atoms with Crippen LogP contribution in [-0.4, -0.2) is 26.3 Å². The standard InChI is InChI=1S/C15H24FNO/c1-3-8-17-11-14(12-18-4-2)9-13-6-5-7-15(16)10-13/h5-7,10,14,17H,3-4,8-9,11-12H2,1-2H3. The summed E-state index contributed by atoms with van der Waals surface area (Å²) < 4.78 is 18.6. The highest BCUT2D eigenvalue weighted by atomic mass is 19.1. The Hall–Kier alpha value is -0.930. The number of halogens is 1. The first kappa shape index (κ1) is 15.1. The first-order valence-corrected chi connectivity index (χ1v) is 6.79. The van der Waals surface area contributed by atoms with Gasteiger partial charge in [0.05, 0.1) is 6.61 Å². The third kappa shape index (κ3) is 6.12. The van der Waals surface area contributed by atoms with E-state index in [-0.39, 0.29) is 5.82 Å². The predicted molar refractivity (Wildman–Crippen MR) is 73.2 cm³/mol. The number of ether oxygens (including phenoxy) is 1. The second-order valence-corrected chi connectivity index (χ2v) is 4.56. The average molecular weight is 253 g/mol. The normalized spacial score (nSPS) is 12.6. The largest absolute Gasteiger partial charge is 0.381 e. The van der Waals surface area contributed by atoms with Crippen molar-refractivity contribution in [2.24, 2.45) is 5.92 Å². The van der Waals surface area contributed by atoms with Crippen LogP contribution >= 0.6 is 0 Å². The summed E-state index contributed by atoms with van der Waals surface area (Å²) in [6, 6.07) is 6.83. The minimum absolute atomic E-state index is 0.163. The molecule has 18 heavy (non-hydrogen) atoms. The van der Waals surface area contributed by atoms with Gasteiger partial charge in [0.2, 0.25) is 0 Å². The first-order valence-electron chi connectivity index (χ1n) is 6.79. The Balaban J connectivity index is 2.48. The topological polar surface area (TPSA) is 21.3 Å².